The molecule has 1 aromatic heterocycles. The van der Waals surface area contributed by atoms with Gasteiger partial charge in [-0.05, 0) is 30.3 Å². The molecule has 1 aromatic carbocycles. The second-order valence-corrected chi connectivity index (χ2v) is 4.28. The van der Waals surface area contributed by atoms with Crippen molar-refractivity contribution in [3.8, 4) is 6.07 Å². The van der Waals surface area contributed by atoms with Crippen molar-refractivity contribution in [1.82, 2.24) is 4.98 Å². The lowest BCUT2D eigenvalue weighted by atomic mass is 10.2. The molecule has 0 saturated carbocycles. The van der Waals surface area contributed by atoms with E-state index in [1.54, 1.807) is 37.4 Å². The molecular weight excluding hydrogens is 262 g/mol. The molecule has 0 atom stereocenters. The van der Waals surface area contributed by atoms with Crippen molar-refractivity contribution in [2.75, 3.05) is 11.9 Å². The minimum absolute atomic E-state index is 0.209. The standard InChI is InChI=1S/C14H10ClN3O/c1-18(12-4-2-3-10(7-12)9-16)14(19)11-5-6-17-13(15)8-11/h2-8H,1H3. The quantitative estimate of drug-likeness (QED) is 0.789. The second kappa shape index (κ2) is 5.51. The van der Waals surface area contributed by atoms with Crippen molar-refractivity contribution in [1.29, 1.82) is 5.26 Å². The van der Waals surface area contributed by atoms with Crippen LogP contribution in [0.3, 0.4) is 0 Å². The summed E-state index contributed by atoms with van der Waals surface area (Å²) in [5, 5.41) is 9.13. The van der Waals surface area contributed by atoms with Gasteiger partial charge in [0.15, 0.2) is 0 Å². The fourth-order valence-corrected chi connectivity index (χ4v) is 1.80. The molecule has 0 N–H and O–H groups in total. The third-order valence-electron chi connectivity index (χ3n) is 2.64. The van der Waals surface area contributed by atoms with Gasteiger partial charge in [0.05, 0.1) is 11.6 Å². The summed E-state index contributed by atoms with van der Waals surface area (Å²) in [4.78, 5) is 17.6. The van der Waals surface area contributed by atoms with Crippen molar-refractivity contribution in [2.24, 2.45) is 0 Å². The molecule has 0 aliphatic carbocycles. The Morgan fingerprint density at radius 1 is 1.37 bits per heavy atom. The molecule has 0 bridgehead atoms. The number of hydrogen-bond acceptors (Lipinski definition) is 3. The molecule has 94 valence electrons. The van der Waals surface area contributed by atoms with Gasteiger partial charge in [-0.15, -0.1) is 0 Å². The van der Waals surface area contributed by atoms with E-state index in [-0.39, 0.29) is 11.1 Å². The average molecular weight is 272 g/mol. The molecule has 0 radical (unpaired) electrons. The number of anilines is 1. The van der Waals surface area contributed by atoms with Crippen LogP contribution in [-0.4, -0.2) is 17.9 Å². The first-order valence-electron chi connectivity index (χ1n) is 5.51. The number of nitrogens with zero attached hydrogens (tertiary/aromatic N) is 3. The van der Waals surface area contributed by atoms with Crippen LogP contribution in [0.15, 0.2) is 42.6 Å². The van der Waals surface area contributed by atoms with E-state index in [0.29, 0.717) is 16.8 Å². The molecule has 0 aliphatic heterocycles. The van der Waals surface area contributed by atoms with E-state index < -0.39 is 0 Å². The predicted molar refractivity (Wildman–Crippen MR) is 73.1 cm³/mol. The Morgan fingerprint density at radius 2 is 2.16 bits per heavy atom. The molecule has 4 nitrogen and oxygen atoms in total. The van der Waals surface area contributed by atoms with Crippen LogP contribution in [0, 0.1) is 11.3 Å². The van der Waals surface area contributed by atoms with Gasteiger partial charge in [0, 0.05) is 24.5 Å². The first kappa shape index (κ1) is 13.1. The van der Waals surface area contributed by atoms with Crippen molar-refractivity contribution in [2.45, 2.75) is 0 Å². The van der Waals surface area contributed by atoms with Crippen LogP contribution in [0.5, 0.6) is 0 Å². The molecule has 1 heterocycles. The van der Waals surface area contributed by atoms with Crippen LogP contribution in [0.1, 0.15) is 15.9 Å². The Bertz CT molecular complexity index is 664. The van der Waals surface area contributed by atoms with Gasteiger partial charge in [-0.1, -0.05) is 17.7 Å². The number of carbonyl (C=O) groups excluding carboxylic acids is 1. The number of nitriles is 1. The van der Waals surface area contributed by atoms with Crippen molar-refractivity contribution in [3.63, 3.8) is 0 Å². The van der Waals surface area contributed by atoms with Gasteiger partial charge >= 0.3 is 0 Å². The number of halogens is 1. The maximum absolute atomic E-state index is 12.3. The van der Waals surface area contributed by atoms with E-state index in [9.17, 15) is 4.79 Å². The molecule has 0 aliphatic rings. The van der Waals surface area contributed by atoms with Gasteiger partial charge in [-0.3, -0.25) is 4.79 Å². The molecule has 0 fully saturated rings. The third-order valence-corrected chi connectivity index (χ3v) is 2.85. The Kier molecular flexibility index (Phi) is 3.79. The normalized spacial score (nSPS) is 9.74. The summed E-state index contributed by atoms with van der Waals surface area (Å²) in [5.74, 6) is -0.209. The number of carbonyl (C=O) groups is 1. The summed E-state index contributed by atoms with van der Waals surface area (Å²) >= 11 is 5.76. The Hall–Kier alpha value is -2.38. The zero-order valence-electron chi connectivity index (χ0n) is 10.2. The molecule has 19 heavy (non-hydrogen) atoms. The number of amides is 1. The van der Waals surface area contributed by atoms with Crippen molar-refractivity contribution >= 4 is 23.2 Å². The number of pyridine rings is 1. The summed E-state index contributed by atoms with van der Waals surface area (Å²) in [7, 11) is 1.65. The van der Waals surface area contributed by atoms with Gasteiger partial charge in [-0.2, -0.15) is 5.26 Å². The third kappa shape index (κ3) is 2.90. The monoisotopic (exact) mass is 271 g/mol. The summed E-state index contributed by atoms with van der Waals surface area (Å²) in [6.45, 7) is 0. The lowest BCUT2D eigenvalue weighted by Crippen LogP contribution is -2.26. The molecule has 0 unspecified atom stereocenters. The highest BCUT2D eigenvalue weighted by Gasteiger charge is 2.14. The van der Waals surface area contributed by atoms with E-state index in [1.807, 2.05) is 6.07 Å². The lowest BCUT2D eigenvalue weighted by molar-refractivity contribution is 0.0993. The van der Waals surface area contributed by atoms with Crippen LogP contribution in [-0.2, 0) is 0 Å². The zero-order valence-corrected chi connectivity index (χ0v) is 10.9. The fraction of sp³-hybridized carbons (Fsp3) is 0.0714. The van der Waals surface area contributed by atoms with E-state index in [2.05, 4.69) is 4.98 Å². The summed E-state index contributed by atoms with van der Waals surface area (Å²) in [5.41, 5.74) is 1.60. The molecule has 5 heteroatoms. The Morgan fingerprint density at radius 3 is 2.84 bits per heavy atom. The van der Waals surface area contributed by atoms with Crippen LogP contribution < -0.4 is 4.90 Å². The number of aromatic nitrogens is 1. The van der Waals surface area contributed by atoms with Gasteiger partial charge in [0.25, 0.3) is 5.91 Å². The van der Waals surface area contributed by atoms with Gasteiger partial charge < -0.3 is 4.90 Å². The minimum Gasteiger partial charge on any atom is -0.311 e. The molecule has 0 spiro atoms. The van der Waals surface area contributed by atoms with Crippen LogP contribution in [0.2, 0.25) is 5.15 Å². The molecule has 2 rings (SSSR count). The van der Waals surface area contributed by atoms with E-state index in [0.717, 1.165) is 0 Å². The number of rotatable bonds is 2. The zero-order chi connectivity index (χ0) is 13.8. The van der Waals surface area contributed by atoms with E-state index in [1.165, 1.54) is 17.2 Å². The Balaban J connectivity index is 2.31. The van der Waals surface area contributed by atoms with Crippen LogP contribution in [0.25, 0.3) is 0 Å². The summed E-state index contributed by atoms with van der Waals surface area (Å²) in [6, 6.07) is 12.0. The first-order valence-corrected chi connectivity index (χ1v) is 5.89. The number of hydrogen-bond donors (Lipinski definition) is 0. The Labute approximate surface area is 115 Å². The minimum atomic E-state index is -0.209. The van der Waals surface area contributed by atoms with Crippen LogP contribution in [0.4, 0.5) is 5.69 Å². The molecule has 1 amide bonds. The molecule has 0 saturated heterocycles. The number of benzene rings is 1. The SMILES string of the molecule is CN(C(=O)c1ccnc(Cl)c1)c1cccc(C#N)c1. The second-order valence-electron chi connectivity index (χ2n) is 3.89. The highest BCUT2D eigenvalue weighted by atomic mass is 35.5. The fourth-order valence-electron chi connectivity index (χ4n) is 1.63. The van der Waals surface area contributed by atoms with Crippen LogP contribution >= 0.6 is 11.6 Å². The van der Waals surface area contributed by atoms with E-state index in [4.69, 9.17) is 16.9 Å². The van der Waals surface area contributed by atoms with Gasteiger partial charge in [0.2, 0.25) is 0 Å². The first-order chi connectivity index (χ1) is 9.11. The molecule has 2 aromatic rings. The molecular formula is C14H10ClN3O. The average Bonchev–Trinajstić information content (AvgIpc) is 2.45. The smallest absolute Gasteiger partial charge is 0.258 e. The highest BCUT2D eigenvalue weighted by Crippen LogP contribution is 2.18. The maximum atomic E-state index is 12.3. The van der Waals surface area contributed by atoms with Crippen molar-refractivity contribution in [3.05, 3.63) is 58.9 Å². The van der Waals surface area contributed by atoms with Gasteiger partial charge in [-0.25, -0.2) is 4.98 Å². The predicted octanol–water partition coefficient (Wildman–Crippen LogP) is 2.88. The topological polar surface area (TPSA) is 57.0 Å². The van der Waals surface area contributed by atoms with Gasteiger partial charge in [0.1, 0.15) is 5.15 Å². The highest BCUT2D eigenvalue weighted by molar-refractivity contribution is 6.29. The summed E-state index contributed by atoms with van der Waals surface area (Å²) in [6.07, 6.45) is 1.48. The van der Waals surface area contributed by atoms with E-state index >= 15 is 0 Å². The lowest BCUT2D eigenvalue weighted by Gasteiger charge is -2.17. The summed E-state index contributed by atoms with van der Waals surface area (Å²) < 4.78 is 0. The largest absolute Gasteiger partial charge is 0.311 e. The van der Waals surface area contributed by atoms with Crippen molar-refractivity contribution < 1.29 is 4.79 Å². The maximum Gasteiger partial charge on any atom is 0.258 e.